The second-order valence-corrected chi connectivity index (χ2v) is 6.47. The molecule has 0 aromatic heterocycles. The van der Waals surface area contributed by atoms with Gasteiger partial charge in [-0.3, -0.25) is 9.59 Å². The number of amides is 2. The number of aryl methyl sites for hydroxylation is 1. The van der Waals surface area contributed by atoms with Crippen molar-refractivity contribution in [3.05, 3.63) is 75.9 Å². The molecular formula is C21H23ClN2O3. The van der Waals surface area contributed by atoms with Crippen LogP contribution >= 0.6 is 11.6 Å². The number of methoxy groups -OCH3 is 1. The molecule has 5 nitrogen and oxygen atoms in total. The van der Waals surface area contributed by atoms with Crippen molar-refractivity contribution in [2.24, 2.45) is 0 Å². The normalized spacial score (nSPS) is 11.1. The molecule has 0 bridgehead atoms. The Morgan fingerprint density at radius 3 is 2.37 bits per heavy atom. The average Bonchev–Trinajstić information content (AvgIpc) is 2.66. The molecule has 2 amide bonds. The van der Waals surface area contributed by atoms with Crippen LogP contribution in [-0.2, 0) is 9.53 Å². The Morgan fingerprint density at radius 1 is 1.07 bits per heavy atom. The topological polar surface area (TPSA) is 67.4 Å². The molecule has 0 saturated heterocycles. The Hall–Kier alpha value is -2.63. The van der Waals surface area contributed by atoms with Crippen LogP contribution in [0.1, 0.15) is 27.9 Å². The summed E-state index contributed by atoms with van der Waals surface area (Å²) in [5.41, 5.74) is 2.46. The maximum atomic E-state index is 12.5. The van der Waals surface area contributed by atoms with Gasteiger partial charge in [0.25, 0.3) is 11.8 Å². The van der Waals surface area contributed by atoms with Gasteiger partial charge in [-0.25, -0.2) is 0 Å². The lowest BCUT2D eigenvalue weighted by Gasteiger charge is -2.11. The fourth-order valence-corrected chi connectivity index (χ4v) is 2.42. The summed E-state index contributed by atoms with van der Waals surface area (Å²) < 4.78 is 4.97. The van der Waals surface area contributed by atoms with Crippen LogP contribution < -0.4 is 10.6 Å². The van der Waals surface area contributed by atoms with Crippen LogP contribution in [0.15, 0.2) is 54.2 Å². The summed E-state index contributed by atoms with van der Waals surface area (Å²) in [6.45, 7) is 2.94. The molecule has 2 rings (SSSR count). The SMILES string of the molecule is COCCCNC(=O)C(=Cc1ccc(Cl)cc1)NC(=O)c1ccc(C)cc1. The van der Waals surface area contributed by atoms with E-state index in [1.165, 1.54) is 0 Å². The monoisotopic (exact) mass is 386 g/mol. The molecule has 0 unspecified atom stereocenters. The van der Waals surface area contributed by atoms with Gasteiger partial charge in [-0.1, -0.05) is 41.4 Å². The Morgan fingerprint density at radius 2 is 1.74 bits per heavy atom. The predicted molar refractivity (Wildman–Crippen MR) is 108 cm³/mol. The number of ether oxygens (including phenoxy) is 1. The minimum atomic E-state index is -0.360. The van der Waals surface area contributed by atoms with Crippen molar-refractivity contribution >= 4 is 29.5 Å². The molecule has 2 aromatic carbocycles. The first-order valence-electron chi connectivity index (χ1n) is 8.62. The first kappa shape index (κ1) is 20.7. The van der Waals surface area contributed by atoms with Crippen molar-refractivity contribution in [1.29, 1.82) is 0 Å². The number of rotatable bonds is 8. The van der Waals surface area contributed by atoms with Crippen LogP contribution in [-0.4, -0.2) is 32.1 Å². The van der Waals surface area contributed by atoms with E-state index in [0.29, 0.717) is 30.2 Å². The van der Waals surface area contributed by atoms with Gasteiger partial charge in [0.15, 0.2) is 0 Å². The molecule has 2 aromatic rings. The van der Waals surface area contributed by atoms with E-state index in [4.69, 9.17) is 16.3 Å². The minimum Gasteiger partial charge on any atom is -0.385 e. The zero-order valence-corrected chi connectivity index (χ0v) is 16.2. The smallest absolute Gasteiger partial charge is 0.267 e. The lowest BCUT2D eigenvalue weighted by molar-refractivity contribution is -0.117. The van der Waals surface area contributed by atoms with Gasteiger partial charge in [-0.05, 0) is 49.2 Å². The van der Waals surface area contributed by atoms with E-state index < -0.39 is 0 Å². The van der Waals surface area contributed by atoms with Crippen LogP contribution in [0, 0.1) is 6.92 Å². The molecule has 0 atom stereocenters. The third kappa shape index (κ3) is 6.89. The summed E-state index contributed by atoms with van der Waals surface area (Å²) in [4.78, 5) is 25.1. The highest BCUT2D eigenvalue weighted by Crippen LogP contribution is 2.13. The van der Waals surface area contributed by atoms with E-state index in [-0.39, 0.29) is 17.5 Å². The summed E-state index contributed by atoms with van der Waals surface area (Å²) in [7, 11) is 1.61. The van der Waals surface area contributed by atoms with E-state index >= 15 is 0 Å². The maximum absolute atomic E-state index is 12.5. The Balaban J connectivity index is 2.17. The molecule has 142 valence electrons. The van der Waals surface area contributed by atoms with Crippen LogP contribution in [0.5, 0.6) is 0 Å². The molecule has 0 fully saturated rings. The summed E-state index contributed by atoms with van der Waals surface area (Å²) in [5.74, 6) is -0.705. The van der Waals surface area contributed by atoms with Gasteiger partial charge in [-0.2, -0.15) is 0 Å². The molecule has 0 spiro atoms. The van der Waals surface area contributed by atoms with E-state index in [1.54, 1.807) is 49.6 Å². The molecule has 6 heteroatoms. The maximum Gasteiger partial charge on any atom is 0.267 e. The molecule has 0 heterocycles. The van der Waals surface area contributed by atoms with Crippen LogP contribution in [0.25, 0.3) is 6.08 Å². The van der Waals surface area contributed by atoms with Crippen molar-refractivity contribution in [2.45, 2.75) is 13.3 Å². The summed E-state index contributed by atoms with van der Waals surface area (Å²) in [5, 5.41) is 6.09. The largest absolute Gasteiger partial charge is 0.385 e. The van der Waals surface area contributed by atoms with Gasteiger partial charge in [0, 0.05) is 30.8 Å². The van der Waals surface area contributed by atoms with E-state index in [1.807, 2.05) is 19.1 Å². The summed E-state index contributed by atoms with van der Waals surface area (Å²) >= 11 is 5.90. The van der Waals surface area contributed by atoms with Gasteiger partial charge >= 0.3 is 0 Å². The Kier molecular flexibility index (Phi) is 8.04. The molecule has 27 heavy (non-hydrogen) atoms. The molecule has 0 aliphatic carbocycles. The van der Waals surface area contributed by atoms with Gasteiger partial charge < -0.3 is 15.4 Å². The number of hydrogen-bond acceptors (Lipinski definition) is 3. The second kappa shape index (κ2) is 10.5. The second-order valence-electron chi connectivity index (χ2n) is 6.03. The van der Waals surface area contributed by atoms with Gasteiger partial charge in [0.2, 0.25) is 0 Å². The number of hydrogen-bond donors (Lipinski definition) is 2. The Bertz CT molecular complexity index is 799. The molecule has 2 N–H and O–H groups in total. The van der Waals surface area contributed by atoms with Gasteiger partial charge in [-0.15, -0.1) is 0 Å². The highest BCUT2D eigenvalue weighted by molar-refractivity contribution is 6.30. The summed E-state index contributed by atoms with van der Waals surface area (Å²) in [6.07, 6.45) is 2.30. The lowest BCUT2D eigenvalue weighted by Crippen LogP contribution is -2.35. The average molecular weight is 387 g/mol. The van der Waals surface area contributed by atoms with Crippen LogP contribution in [0.4, 0.5) is 0 Å². The number of benzene rings is 2. The fourth-order valence-electron chi connectivity index (χ4n) is 2.30. The van der Waals surface area contributed by atoms with E-state index in [2.05, 4.69) is 10.6 Å². The zero-order chi connectivity index (χ0) is 19.6. The van der Waals surface area contributed by atoms with Crippen molar-refractivity contribution in [3.63, 3.8) is 0 Å². The van der Waals surface area contributed by atoms with Crippen LogP contribution in [0.3, 0.4) is 0 Å². The highest BCUT2D eigenvalue weighted by atomic mass is 35.5. The fraction of sp³-hybridized carbons (Fsp3) is 0.238. The molecule has 0 aliphatic heterocycles. The van der Waals surface area contributed by atoms with Crippen molar-refractivity contribution in [2.75, 3.05) is 20.3 Å². The van der Waals surface area contributed by atoms with E-state index in [0.717, 1.165) is 11.1 Å². The van der Waals surface area contributed by atoms with E-state index in [9.17, 15) is 9.59 Å². The van der Waals surface area contributed by atoms with Gasteiger partial charge in [0.05, 0.1) is 0 Å². The summed E-state index contributed by atoms with van der Waals surface area (Å²) in [6, 6.07) is 14.1. The Labute approximate surface area is 164 Å². The quantitative estimate of drug-likeness (QED) is 0.538. The third-order valence-electron chi connectivity index (χ3n) is 3.80. The number of nitrogens with one attached hydrogen (secondary N) is 2. The molecule has 0 saturated carbocycles. The van der Waals surface area contributed by atoms with Crippen molar-refractivity contribution in [1.82, 2.24) is 10.6 Å². The number of carbonyl (C=O) groups is 2. The lowest BCUT2D eigenvalue weighted by atomic mass is 10.1. The highest BCUT2D eigenvalue weighted by Gasteiger charge is 2.14. The van der Waals surface area contributed by atoms with Crippen LogP contribution in [0.2, 0.25) is 5.02 Å². The number of halogens is 1. The zero-order valence-electron chi connectivity index (χ0n) is 15.4. The third-order valence-corrected chi connectivity index (χ3v) is 4.05. The number of carbonyl (C=O) groups excluding carboxylic acids is 2. The molecule has 0 aliphatic rings. The van der Waals surface area contributed by atoms with Crippen molar-refractivity contribution in [3.8, 4) is 0 Å². The standard InChI is InChI=1S/C21H23ClN2O3/c1-15-4-8-17(9-5-15)20(25)24-19(21(26)23-12-3-13-27-2)14-16-6-10-18(22)11-7-16/h4-11,14H,3,12-13H2,1-2H3,(H,23,26)(H,24,25). The van der Waals surface area contributed by atoms with Gasteiger partial charge in [0.1, 0.15) is 5.70 Å². The van der Waals surface area contributed by atoms with Crippen molar-refractivity contribution < 1.29 is 14.3 Å². The first-order valence-corrected chi connectivity index (χ1v) is 9.00. The molecule has 0 radical (unpaired) electrons. The predicted octanol–water partition coefficient (Wildman–Crippen LogP) is 3.57. The first-order chi connectivity index (χ1) is 13.0. The minimum absolute atomic E-state index is 0.167. The molecular weight excluding hydrogens is 364 g/mol.